The molecule has 1 aromatic carbocycles. The molecule has 0 fully saturated rings. The summed E-state index contributed by atoms with van der Waals surface area (Å²) in [6.45, 7) is 0.0352. The maximum atomic E-state index is 11.9. The second-order valence-electron chi connectivity index (χ2n) is 4.22. The van der Waals surface area contributed by atoms with E-state index in [1.54, 1.807) is 0 Å². The zero-order chi connectivity index (χ0) is 15.6. The van der Waals surface area contributed by atoms with Crippen LogP contribution >= 0.6 is 0 Å². The molecule has 0 radical (unpaired) electrons. The highest BCUT2D eigenvalue weighted by Crippen LogP contribution is 2.29. The normalized spacial score (nSPS) is 10.1. The molecule has 4 N–H and O–H groups in total. The average molecular weight is 287 g/mol. The lowest BCUT2D eigenvalue weighted by molar-refractivity contribution is 0.404. The van der Waals surface area contributed by atoms with E-state index < -0.39 is 5.69 Å². The van der Waals surface area contributed by atoms with Crippen LogP contribution in [0.5, 0.6) is 11.5 Å². The van der Waals surface area contributed by atoms with Gasteiger partial charge in [-0.2, -0.15) is 9.97 Å². The van der Waals surface area contributed by atoms with E-state index in [-0.39, 0.29) is 29.8 Å². The van der Waals surface area contributed by atoms with Gasteiger partial charge in [-0.3, -0.25) is 9.58 Å². The highest BCUT2D eigenvalue weighted by molar-refractivity contribution is 5.61. The Morgan fingerprint density at radius 1 is 1.38 bits per heavy atom. The molecule has 0 aliphatic rings. The number of phenols is 2. The van der Waals surface area contributed by atoms with Gasteiger partial charge in [0, 0.05) is 12.6 Å². The lowest BCUT2D eigenvalue weighted by atomic mass is 10.2. The van der Waals surface area contributed by atoms with Crippen molar-refractivity contribution in [3.63, 3.8) is 0 Å². The molecule has 8 nitrogen and oxygen atoms in total. The molecule has 0 saturated carbocycles. The molecule has 21 heavy (non-hydrogen) atoms. The van der Waals surface area contributed by atoms with Gasteiger partial charge in [0.15, 0.2) is 11.5 Å². The number of terminal acetylenes is 1. The van der Waals surface area contributed by atoms with E-state index in [4.69, 9.17) is 12.3 Å². The molecule has 0 aliphatic heterocycles. The van der Waals surface area contributed by atoms with E-state index in [9.17, 15) is 15.0 Å². The van der Waals surface area contributed by atoms with E-state index in [1.807, 2.05) is 0 Å². The van der Waals surface area contributed by atoms with Gasteiger partial charge in [0.05, 0.1) is 6.54 Å². The van der Waals surface area contributed by atoms with Crippen molar-refractivity contribution in [2.24, 2.45) is 12.9 Å². The van der Waals surface area contributed by atoms with Crippen LogP contribution < -0.4 is 16.5 Å². The van der Waals surface area contributed by atoms with Crippen LogP contribution in [0.15, 0.2) is 23.0 Å². The smallest absolute Gasteiger partial charge is 0.352 e. The van der Waals surface area contributed by atoms with Crippen molar-refractivity contribution in [3.05, 3.63) is 28.7 Å². The fourth-order valence-electron chi connectivity index (χ4n) is 1.66. The van der Waals surface area contributed by atoms with Gasteiger partial charge in [-0.05, 0) is 18.2 Å². The topological polar surface area (TPSA) is 117 Å². The predicted molar refractivity (Wildman–Crippen MR) is 76.4 cm³/mol. The third-order valence-electron chi connectivity index (χ3n) is 2.76. The van der Waals surface area contributed by atoms with Gasteiger partial charge < -0.3 is 10.2 Å². The van der Waals surface area contributed by atoms with Crippen molar-refractivity contribution in [1.82, 2.24) is 14.5 Å². The minimum absolute atomic E-state index is 0.0291. The average Bonchev–Trinajstić information content (AvgIpc) is 2.45. The summed E-state index contributed by atoms with van der Waals surface area (Å²) in [5, 5.41) is 19.9. The molecule has 8 heteroatoms. The van der Waals surface area contributed by atoms with Gasteiger partial charge in [0.2, 0.25) is 5.95 Å². The van der Waals surface area contributed by atoms with Crippen molar-refractivity contribution in [2.75, 3.05) is 11.6 Å². The summed E-state index contributed by atoms with van der Waals surface area (Å²) in [4.78, 5) is 19.7. The maximum Gasteiger partial charge on any atom is 0.352 e. The van der Waals surface area contributed by atoms with Gasteiger partial charge in [-0.25, -0.2) is 10.6 Å². The van der Waals surface area contributed by atoms with E-state index in [0.717, 1.165) is 5.01 Å². The molecular weight excluding hydrogens is 274 g/mol. The fraction of sp³-hybridized carbons (Fsp3) is 0.154. The second kappa shape index (κ2) is 5.52. The van der Waals surface area contributed by atoms with Crippen molar-refractivity contribution in [2.45, 2.75) is 0 Å². The second-order valence-corrected chi connectivity index (χ2v) is 4.22. The zero-order valence-corrected chi connectivity index (χ0v) is 11.2. The number of aromatic nitrogens is 3. The van der Waals surface area contributed by atoms with Gasteiger partial charge in [0.1, 0.15) is 5.82 Å². The van der Waals surface area contributed by atoms with Crippen molar-refractivity contribution in [1.29, 1.82) is 0 Å². The minimum atomic E-state index is -0.574. The molecule has 1 aromatic heterocycles. The molecule has 0 saturated heterocycles. The Kier molecular flexibility index (Phi) is 3.77. The molecule has 0 spiro atoms. The first-order valence-electron chi connectivity index (χ1n) is 5.87. The van der Waals surface area contributed by atoms with Crippen molar-refractivity contribution < 1.29 is 10.2 Å². The van der Waals surface area contributed by atoms with Gasteiger partial charge >= 0.3 is 5.69 Å². The third kappa shape index (κ3) is 2.77. The van der Waals surface area contributed by atoms with Crippen LogP contribution in [0.2, 0.25) is 0 Å². The minimum Gasteiger partial charge on any atom is -0.504 e. The van der Waals surface area contributed by atoms with Crippen LogP contribution in [0.1, 0.15) is 0 Å². The number of hydrazine groups is 1. The van der Waals surface area contributed by atoms with Crippen molar-refractivity contribution >= 4 is 5.95 Å². The molecule has 1 heterocycles. The van der Waals surface area contributed by atoms with Gasteiger partial charge in [-0.1, -0.05) is 5.92 Å². The molecule has 2 aromatic rings. The molecular formula is C13H13N5O3. The van der Waals surface area contributed by atoms with E-state index in [2.05, 4.69) is 15.9 Å². The molecule has 0 amide bonds. The number of benzene rings is 1. The molecule has 0 atom stereocenters. The largest absolute Gasteiger partial charge is 0.504 e. The number of rotatable bonds is 3. The standard InChI is InChI=1S/C13H13N5O3/c1-3-6-18(14)12-15-11(17(2)13(21)16-12)8-4-5-9(19)10(20)7-8/h1,4-5,7,19-20H,6,14H2,2H3. The van der Waals surface area contributed by atoms with Gasteiger partial charge in [-0.15, -0.1) is 6.42 Å². The Morgan fingerprint density at radius 3 is 2.71 bits per heavy atom. The Morgan fingerprint density at radius 2 is 2.10 bits per heavy atom. The first-order valence-corrected chi connectivity index (χ1v) is 5.87. The number of nitrogens with zero attached hydrogens (tertiary/aromatic N) is 4. The quantitative estimate of drug-likeness (QED) is 0.303. The van der Waals surface area contributed by atoms with Crippen molar-refractivity contribution in [3.8, 4) is 35.2 Å². The SMILES string of the molecule is C#CCN(N)c1nc(-c2ccc(O)c(O)c2)n(C)c(=O)n1. The summed E-state index contributed by atoms with van der Waals surface area (Å²) in [6.07, 6.45) is 5.15. The summed E-state index contributed by atoms with van der Waals surface area (Å²) < 4.78 is 1.19. The number of hydrogen-bond donors (Lipinski definition) is 3. The van der Waals surface area contributed by atoms with Crippen LogP contribution in [0.25, 0.3) is 11.4 Å². The molecule has 0 unspecified atom stereocenters. The predicted octanol–water partition coefficient (Wildman–Crippen LogP) is -0.433. The van der Waals surface area contributed by atoms with Crippen LogP contribution in [0.4, 0.5) is 5.95 Å². The number of aromatic hydroxyl groups is 2. The van der Waals surface area contributed by atoms with Crippen LogP contribution in [0.3, 0.4) is 0 Å². The first-order chi connectivity index (χ1) is 9.93. The number of phenolic OH excluding ortho intramolecular Hbond substituents is 2. The highest BCUT2D eigenvalue weighted by Gasteiger charge is 2.13. The Hall–Kier alpha value is -3.05. The maximum absolute atomic E-state index is 11.9. The summed E-state index contributed by atoms with van der Waals surface area (Å²) in [6, 6.07) is 4.07. The van der Waals surface area contributed by atoms with Crippen LogP contribution in [-0.4, -0.2) is 31.3 Å². The molecule has 2 rings (SSSR count). The zero-order valence-electron chi connectivity index (χ0n) is 11.2. The third-order valence-corrected chi connectivity index (χ3v) is 2.76. The van der Waals surface area contributed by atoms with Crippen LogP contribution in [-0.2, 0) is 7.05 Å². The Bertz CT molecular complexity index is 778. The summed E-state index contributed by atoms with van der Waals surface area (Å²) in [7, 11) is 1.48. The van der Waals surface area contributed by atoms with E-state index in [1.165, 1.54) is 29.8 Å². The summed E-state index contributed by atoms with van der Waals surface area (Å²) in [5.74, 6) is 7.57. The van der Waals surface area contributed by atoms with E-state index in [0.29, 0.717) is 5.56 Å². The van der Waals surface area contributed by atoms with E-state index >= 15 is 0 Å². The number of nitrogens with two attached hydrogens (primary N) is 1. The fourth-order valence-corrected chi connectivity index (χ4v) is 1.66. The highest BCUT2D eigenvalue weighted by atomic mass is 16.3. The Labute approximate surface area is 120 Å². The summed E-state index contributed by atoms with van der Waals surface area (Å²) >= 11 is 0. The van der Waals surface area contributed by atoms with Gasteiger partial charge in [0.25, 0.3) is 0 Å². The molecule has 108 valence electrons. The lowest BCUT2D eigenvalue weighted by Crippen LogP contribution is -2.36. The molecule has 0 aliphatic carbocycles. The number of hydrogen-bond acceptors (Lipinski definition) is 7. The molecule has 0 bridgehead atoms. The Balaban J connectivity index is 2.60. The monoisotopic (exact) mass is 287 g/mol. The number of anilines is 1. The lowest BCUT2D eigenvalue weighted by Gasteiger charge is -2.15. The van der Waals surface area contributed by atoms with Crippen LogP contribution in [0, 0.1) is 12.3 Å². The first kappa shape index (κ1) is 14.4. The summed E-state index contributed by atoms with van der Waals surface area (Å²) in [5.41, 5.74) is -0.155.